The van der Waals surface area contributed by atoms with Gasteiger partial charge in [-0.25, -0.2) is 0 Å². The molecule has 100 valence electrons. The zero-order valence-electron chi connectivity index (χ0n) is 10.5. The fraction of sp³-hybridized carbons (Fsp3) is 0.0667. The number of carbonyl (C=O) groups is 1. The third-order valence-corrected chi connectivity index (χ3v) is 3.11. The molecule has 0 unspecified atom stereocenters. The van der Waals surface area contributed by atoms with Gasteiger partial charge in [-0.2, -0.15) is 5.26 Å². The Kier molecular flexibility index (Phi) is 4.36. The summed E-state index contributed by atoms with van der Waals surface area (Å²) in [5.41, 5.74) is 7.47. The van der Waals surface area contributed by atoms with Gasteiger partial charge >= 0.3 is 0 Å². The monoisotopic (exact) mass is 285 g/mol. The van der Waals surface area contributed by atoms with E-state index in [4.69, 9.17) is 22.6 Å². The molecule has 1 atom stereocenters. The van der Waals surface area contributed by atoms with Crippen molar-refractivity contribution in [3.8, 4) is 6.07 Å². The summed E-state index contributed by atoms with van der Waals surface area (Å²) in [5, 5.41) is 11.8. The number of anilines is 1. The van der Waals surface area contributed by atoms with Crippen molar-refractivity contribution >= 4 is 23.2 Å². The molecule has 0 saturated heterocycles. The van der Waals surface area contributed by atoms with Crippen LogP contribution in [0.3, 0.4) is 0 Å². The summed E-state index contributed by atoms with van der Waals surface area (Å²) in [5.74, 6) is -0.336. The number of carbonyl (C=O) groups excluding carboxylic acids is 1. The topological polar surface area (TPSA) is 78.9 Å². The maximum atomic E-state index is 12.0. The van der Waals surface area contributed by atoms with Crippen LogP contribution in [0.1, 0.15) is 17.2 Å². The number of nitrogens with one attached hydrogen (secondary N) is 1. The summed E-state index contributed by atoms with van der Waals surface area (Å²) in [6.45, 7) is 0. The second-order valence-corrected chi connectivity index (χ2v) is 4.59. The summed E-state index contributed by atoms with van der Waals surface area (Å²) >= 11 is 5.90. The average Bonchev–Trinajstić information content (AvgIpc) is 2.47. The smallest absolute Gasteiger partial charge is 0.245 e. The van der Waals surface area contributed by atoms with Crippen LogP contribution in [0.2, 0.25) is 5.02 Å². The molecule has 0 bridgehead atoms. The van der Waals surface area contributed by atoms with Crippen LogP contribution in [0.25, 0.3) is 0 Å². The van der Waals surface area contributed by atoms with Gasteiger partial charge in [0.1, 0.15) is 12.1 Å². The first-order valence-corrected chi connectivity index (χ1v) is 6.30. The van der Waals surface area contributed by atoms with E-state index in [1.165, 1.54) is 6.07 Å². The molecular weight excluding hydrogens is 274 g/mol. The molecule has 3 N–H and O–H groups in total. The summed E-state index contributed by atoms with van der Waals surface area (Å²) in [6, 6.07) is 15.0. The molecular formula is C15H12ClN3O. The molecule has 0 fully saturated rings. The molecule has 0 aromatic heterocycles. The highest BCUT2D eigenvalue weighted by molar-refractivity contribution is 6.32. The molecule has 2 rings (SSSR count). The van der Waals surface area contributed by atoms with E-state index in [-0.39, 0.29) is 5.91 Å². The van der Waals surface area contributed by atoms with Gasteiger partial charge in [0.15, 0.2) is 0 Å². The van der Waals surface area contributed by atoms with Crippen LogP contribution in [0.5, 0.6) is 0 Å². The highest BCUT2D eigenvalue weighted by atomic mass is 35.5. The van der Waals surface area contributed by atoms with Gasteiger partial charge in [0, 0.05) is 5.69 Å². The summed E-state index contributed by atoms with van der Waals surface area (Å²) < 4.78 is 0. The molecule has 1 amide bonds. The Labute approximate surface area is 121 Å². The highest BCUT2D eigenvalue weighted by Crippen LogP contribution is 2.21. The lowest BCUT2D eigenvalue weighted by Crippen LogP contribution is -2.27. The van der Waals surface area contributed by atoms with Crippen LogP contribution >= 0.6 is 11.6 Å². The van der Waals surface area contributed by atoms with Gasteiger partial charge in [0.25, 0.3) is 0 Å². The number of halogens is 1. The van der Waals surface area contributed by atoms with Gasteiger partial charge in [-0.3, -0.25) is 4.79 Å². The summed E-state index contributed by atoms with van der Waals surface area (Å²) in [4.78, 5) is 12.0. The first kappa shape index (κ1) is 14.1. The first-order chi connectivity index (χ1) is 9.61. The third-order valence-electron chi connectivity index (χ3n) is 2.80. The highest BCUT2D eigenvalue weighted by Gasteiger charge is 2.15. The maximum absolute atomic E-state index is 12.0. The Morgan fingerprint density at radius 3 is 2.55 bits per heavy atom. The van der Waals surface area contributed by atoms with E-state index in [0.717, 1.165) is 5.56 Å². The molecule has 2 aromatic rings. The van der Waals surface area contributed by atoms with Crippen LogP contribution in [-0.2, 0) is 4.79 Å². The first-order valence-electron chi connectivity index (χ1n) is 5.93. The fourth-order valence-corrected chi connectivity index (χ4v) is 1.94. The average molecular weight is 286 g/mol. The van der Waals surface area contributed by atoms with Crippen molar-refractivity contribution in [3.63, 3.8) is 0 Å². The maximum Gasteiger partial charge on any atom is 0.245 e. The van der Waals surface area contributed by atoms with Crippen molar-refractivity contribution in [1.82, 2.24) is 0 Å². The van der Waals surface area contributed by atoms with Crippen LogP contribution in [0.4, 0.5) is 5.69 Å². The Morgan fingerprint density at radius 1 is 1.25 bits per heavy atom. The van der Waals surface area contributed by atoms with Crippen molar-refractivity contribution in [2.24, 2.45) is 5.73 Å². The minimum Gasteiger partial charge on any atom is -0.324 e. The van der Waals surface area contributed by atoms with Gasteiger partial charge in [-0.15, -0.1) is 0 Å². The lowest BCUT2D eigenvalue weighted by molar-refractivity contribution is -0.117. The van der Waals surface area contributed by atoms with E-state index in [0.29, 0.717) is 16.3 Å². The summed E-state index contributed by atoms with van der Waals surface area (Å²) in [7, 11) is 0. The number of nitrogens with zero attached hydrogens (tertiary/aromatic N) is 1. The molecule has 0 spiro atoms. The zero-order valence-corrected chi connectivity index (χ0v) is 11.3. The van der Waals surface area contributed by atoms with Crippen molar-refractivity contribution in [2.45, 2.75) is 6.04 Å². The van der Waals surface area contributed by atoms with Crippen molar-refractivity contribution in [2.75, 3.05) is 5.32 Å². The Bertz CT molecular complexity index is 665. The number of rotatable bonds is 3. The van der Waals surface area contributed by atoms with E-state index < -0.39 is 6.04 Å². The van der Waals surface area contributed by atoms with E-state index in [9.17, 15) is 4.79 Å². The minimum atomic E-state index is -0.759. The predicted octanol–water partition coefficient (Wildman–Crippen LogP) is 2.85. The number of benzene rings is 2. The molecule has 0 saturated carbocycles. The van der Waals surface area contributed by atoms with Crippen LogP contribution in [0.15, 0.2) is 48.5 Å². The SMILES string of the molecule is N#Cc1ccc(NC(=O)[C@H](N)c2ccccc2)cc1Cl. The standard InChI is InChI=1S/C15H12ClN3O/c16-13-8-12(7-6-11(13)9-17)19-15(20)14(18)10-4-2-1-3-5-10/h1-8,14H,18H2,(H,19,20)/t14-/m1/s1. The second kappa shape index (κ2) is 6.20. The largest absolute Gasteiger partial charge is 0.324 e. The molecule has 0 aliphatic carbocycles. The number of nitrogens with two attached hydrogens (primary N) is 1. The Balaban J connectivity index is 2.12. The van der Waals surface area contributed by atoms with E-state index >= 15 is 0 Å². The van der Waals surface area contributed by atoms with Gasteiger partial charge in [-0.05, 0) is 23.8 Å². The van der Waals surface area contributed by atoms with Crippen molar-refractivity contribution < 1.29 is 4.79 Å². The van der Waals surface area contributed by atoms with Gasteiger partial charge in [0.2, 0.25) is 5.91 Å². The number of hydrogen-bond donors (Lipinski definition) is 2. The molecule has 0 aliphatic rings. The van der Waals surface area contributed by atoms with E-state index in [1.54, 1.807) is 24.3 Å². The molecule has 0 aliphatic heterocycles. The molecule has 0 radical (unpaired) electrons. The fourth-order valence-electron chi connectivity index (χ4n) is 1.72. The normalized spacial score (nSPS) is 11.4. The second-order valence-electron chi connectivity index (χ2n) is 4.18. The minimum absolute atomic E-state index is 0.290. The zero-order chi connectivity index (χ0) is 14.5. The van der Waals surface area contributed by atoms with Crippen LogP contribution in [-0.4, -0.2) is 5.91 Å². The summed E-state index contributed by atoms with van der Waals surface area (Å²) in [6.07, 6.45) is 0. The Hall–Kier alpha value is -2.35. The van der Waals surface area contributed by atoms with Crippen LogP contribution < -0.4 is 11.1 Å². The van der Waals surface area contributed by atoms with Crippen molar-refractivity contribution in [3.05, 3.63) is 64.7 Å². The third kappa shape index (κ3) is 3.15. The number of hydrogen-bond acceptors (Lipinski definition) is 3. The quantitative estimate of drug-likeness (QED) is 0.910. The van der Waals surface area contributed by atoms with E-state index in [1.807, 2.05) is 24.3 Å². The molecule has 0 heterocycles. The van der Waals surface area contributed by atoms with Gasteiger partial charge < -0.3 is 11.1 Å². The molecule has 4 nitrogen and oxygen atoms in total. The molecule has 20 heavy (non-hydrogen) atoms. The predicted molar refractivity (Wildman–Crippen MR) is 78.2 cm³/mol. The number of nitriles is 1. The van der Waals surface area contributed by atoms with Crippen molar-refractivity contribution in [1.29, 1.82) is 5.26 Å². The van der Waals surface area contributed by atoms with E-state index in [2.05, 4.69) is 5.32 Å². The molecule has 5 heteroatoms. The van der Waals surface area contributed by atoms with Gasteiger partial charge in [-0.1, -0.05) is 41.9 Å². The lowest BCUT2D eigenvalue weighted by Gasteiger charge is -2.12. The Morgan fingerprint density at radius 2 is 1.95 bits per heavy atom. The lowest BCUT2D eigenvalue weighted by atomic mass is 10.1. The van der Waals surface area contributed by atoms with Gasteiger partial charge in [0.05, 0.1) is 10.6 Å². The van der Waals surface area contributed by atoms with Crippen LogP contribution in [0, 0.1) is 11.3 Å². The molecule has 2 aromatic carbocycles. The number of amides is 1.